The molecular formula is C13H12N2O2. The lowest BCUT2D eigenvalue weighted by molar-refractivity contribution is 0.102. The highest BCUT2D eigenvalue weighted by atomic mass is 16.3. The highest BCUT2D eigenvalue weighted by molar-refractivity contribution is 6.04. The van der Waals surface area contributed by atoms with Crippen LogP contribution in [0.4, 0.5) is 5.69 Å². The van der Waals surface area contributed by atoms with E-state index in [1.54, 1.807) is 30.5 Å². The zero-order chi connectivity index (χ0) is 12.3. The molecule has 0 saturated heterocycles. The van der Waals surface area contributed by atoms with E-state index in [4.69, 9.17) is 5.11 Å². The predicted octanol–water partition coefficient (Wildman–Crippen LogP) is 2.35. The van der Waals surface area contributed by atoms with Gasteiger partial charge in [-0.3, -0.25) is 9.78 Å². The van der Waals surface area contributed by atoms with E-state index in [-0.39, 0.29) is 11.7 Å². The Labute approximate surface area is 98.9 Å². The van der Waals surface area contributed by atoms with Crippen LogP contribution in [-0.2, 0) is 0 Å². The molecule has 1 aromatic heterocycles. The summed E-state index contributed by atoms with van der Waals surface area (Å²) in [6.07, 6.45) is 1.67. The third-order valence-corrected chi connectivity index (χ3v) is 2.38. The second-order valence-electron chi connectivity index (χ2n) is 3.64. The van der Waals surface area contributed by atoms with Crippen LogP contribution in [0.25, 0.3) is 0 Å². The van der Waals surface area contributed by atoms with E-state index >= 15 is 0 Å². The summed E-state index contributed by atoms with van der Waals surface area (Å²) in [5, 5.41) is 11.9. The number of carbonyl (C=O) groups is 1. The van der Waals surface area contributed by atoms with Crippen LogP contribution < -0.4 is 5.32 Å². The van der Waals surface area contributed by atoms with Gasteiger partial charge < -0.3 is 10.4 Å². The Hall–Kier alpha value is -2.36. The van der Waals surface area contributed by atoms with E-state index in [0.29, 0.717) is 11.3 Å². The van der Waals surface area contributed by atoms with Crippen molar-refractivity contribution < 1.29 is 9.90 Å². The summed E-state index contributed by atoms with van der Waals surface area (Å²) >= 11 is 0. The van der Waals surface area contributed by atoms with Crippen molar-refractivity contribution in [1.29, 1.82) is 0 Å². The average Bonchev–Trinajstić information content (AvgIpc) is 2.33. The van der Waals surface area contributed by atoms with Crippen molar-refractivity contribution in [2.45, 2.75) is 6.92 Å². The second-order valence-corrected chi connectivity index (χ2v) is 3.64. The largest absolute Gasteiger partial charge is 0.508 e. The number of aromatic nitrogens is 1. The smallest absolute Gasteiger partial charge is 0.255 e. The Balaban J connectivity index is 2.17. The van der Waals surface area contributed by atoms with Crippen LogP contribution in [0, 0.1) is 6.92 Å². The topological polar surface area (TPSA) is 62.2 Å². The molecule has 2 N–H and O–H groups in total. The lowest BCUT2D eigenvalue weighted by Crippen LogP contribution is -2.12. The van der Waals surface area contributed by atoms with E-state index in [9.17, 15) is 4.79 Å². The predicted molar refractivity (Wildman–Crippen MR) is 65.0 cm³/mol. The van der Waals surface area contributed by atoms with Gasteiger partial charge in [-0.05, 0) is 43.3 Å². The Kier molecular flexibility index (Phi) is 3.05. The molecule has 0 spiro atoms. The molecule has 0 unspecified atom stereocenters. The number of aromatic hydroxyl groups is 1. The summed E-state index contributed by atoms with van der Waals surface area (Å²) < 4.78 is 0. The molecule has 0 saturated carbocycles. The number of anilines is 1. The fraction of sp³-hybridized carbons (Fsp3) is 0.0769. The van der Waals surface area contributed by atoms with Crippen molar-refractivity contribution in [2.24, 2.45) is 0 Å². The minimum Gasteiger partial charge on any atom is -0.508 e. The van der Waals surface area contributed by atoms with Gasteiger partial charge in [-0.25, -0.2) is 0 Å². The Morgan fingerprint density at radius 1 is 1.24 bits per heavy atom. The highest BCUT2D eigenvalue weighted by Crippen LogP contribution is 2.14. The number of amides is 1. The van der Waals surface area contributed by atoms with Crippen LogP contribution in [0.1, 0.15) is 16.1 Å². The van der Waals surface area contributed by atoms with Crippen molar-refractivity contribution in [2.75, 3.05) is 5.32 Å². The molecule has 2 aromatic rings. The lowest BCUT2D eigenvalue weighted by Gasteiger charge is -2.07. The number of carbonyl (C=O) groups excluding carboxylic acids is 1. The molecule has 0 fully saturated rings. The molecule has 17 heavy (non-hydrogen) atoms. The fourth-order valence-corrected chi connectivity index (χ4v) is 1.42. The molecule has 0 aliphatic rings. The van der Waals surface area contributed by atoms with Gasteiger partial charge in [0.15, 0.2) is 0 Å². The molecule has 0 aliphatic carbocycles. The number of phenolic OH excluding ortho intramolecular Hbond substituents is 1. The summed E-state index contributed by atoms with van der Waals surface area (Å²) in [5.74, 6) is -0.0831. The molecular weight excluding hydrogens is 216 g/mol. The Bertz CT molecular complexity index is 535. The van der Waals surface area contributed by atoms with Gasteiger partial charge in [0, 0.05) is 11.8 Å². The first-order chi connectivity index (χ1) is 8.16. The summed E-state index contributed by atoms with van der Waals surface area (Å²) in [7, 11) is 0. The molecule has 0 atom stereocenters. The molecule has 0 aliphatic heterocycles. The quantitative estimate of drug-likeness (QED) is 0.829. The van der Waals surface area contributed by atoms with Gasteiger partial charge in [0.2, 0.25) is 0 Å². The average molecular weight is 228 g/mol. The van der Waals surface area contributed by atoms with Crippen molar-refractivity contribution in [3.63, 3.8) is 0 Å². The van der Waals surface area contributed by atoms with Gasteiger partial charge >= 0.3 is 0 Å². The van der Waals surface area contributed by atoms with Gasteiger partial charge in [0.1, 0.15) is 5.75 Å². The summed E-state index contributed by atoms with van der Waals surface area (Å²) in [4.78, 5) is 15.9. The fourth-order valence-electron chi connectivity index (χ4n) is 1.42. The first-order valence-corrected chi connectivity index (χ1v) is 5.19. The van der Waals surface area contributed by atoms with Gasteiger partial charge in [-0.2, -0.15) is 0 Å². The molecule has 4 nitrogen and oxygen atoms in total. The van der Waals surface area contributed by atoms with Crippen molar-refractivity contribution in [1.82, 2.24) is 4.98 Å². The van der Waals surface area contributed by atoms with E-state index in [1.165, 1.54) is 12.1 Å². The zero-order valence-corrected chi connectivity index (χ0v) is 9.34. The molecule has 1 heterocycles. The third-order valence-electron chi connectivity index (χ3n) is 2.38. The van der Waals surface area contributed by atoms with Crippen molar-refractivity contribution in [3.05, 3.63) is 53.9 Å². The monoisotopic (exact) mass is 228 g/mol. The van der Waals surface area contributed by atoms with Crippen LogP contribution in [0.5, 0.6) is 5.75 Å². The number of hydrogen-bond donors (Lipinski definition) is 2. The molecule has 1 amide bonds. The molecule has 4 heteroatoms. The molecule has 0 radical (unpaired) electrons. The van der Waals surface area contributed by atoms with E-state index in [2.05, 4.69) is 10.3 Å². The molecule has 0 bridgehead atoms. The Morgan fingerprint density at radius 2 is 1.94 bits per heavy atom. The number of nitrogens with zero attached hydrogens (tertiary/aromatic N) is 1. The summed E-state index contributed by atoms with van der Waals surface area (Å²) in [6, 6.07) is 9.64. The highest BCUT2D eigenvalue weighted by Gasteiger charge is 2.07. The van der Waals surface area contributed by atoms with Crippen LogP contribution in [-0.4, -0.2) is 16.0 Å². The summed E-state index contributed by atoms with van der Waals surface area (Å²) in [5.41, 5.74) is 1.94. The number of pyridine rings is 1. The maximum absolute atomic E-state index is 11.9. The van der Waals surface area contributed by atoms with E-state index < -0.39 is 0 Å². The zero-order valence-electron chi connectivity index (χ0n) is 9.34. The van der Waals surface area contributed by atoms with Crippen LogP contribution in [0.15, 0.2) is 42.6 Å². The molecule has 2 rings (SSSR count). The maximum atomic E-state index is 11.9. The van der Waals surface area contributed by atoms with Crippen molar-refractivity contribution >= 4 is 11.6 Å². The number of phenols is 1. The normalized spacial score (nSPS) is 9.94. The number of rotatable bonds is 2. The maximum Gasteiger partial charge on any atom is 0.255 e. The number of aryl methyl sites for hydroxylation is 1. The molecule has 1 aromatic carbocycles. The van der Waals surface area contributed by atoms with Crippen LogP contribution in [0.2, 0.25) is 0 Å². The number of nitrogens with one attached hydrogen (secondary N) is 1. The second kappa shape index (κ2) is 4.65. The van der Waals surface area contributed by atoms with Crippen molar-refractivity contribution in [3.8, 4) is 5.75 Å². The first kappa shape index (κ1) is 11.1. The first-order valence-electron chi connectivity index (χ1n) is 5.19. The SMILES string of the molecule is Cc1ncccc1NC(=O)c1ccc(O)cc1. The summed E-state index contributed by atoms with van der Waals surface area (Å²) in [6.45, 7) is 1.83. The minimum absolute atomic E-state index is 0.138. The number of benzene rings is 1. The molecule has 86 valence electrons. The van der Waals surface area contributed by atoms with E-state index in [1.807, 2.05) is 6.92 Å². The number of hydrogen-bond acceptors (Lipinski definition) is 3. The Morgan fingerprint density at radius 3 is 2.59 bits per heavy atom. The van der Waals surface area contributed by atoms with Gasteiger partial charge in [-0.15, -0.1) is 0 Å². The van der Waals surface area contributed by atoms with Gasteiger partial charge in [0.05, 0.1) is 11.4 Å². The van der Waals surface area contributed by atoms with Crippen LogP contribution in [0.3, 0.4) is 0 Å². The lowest BCUT2D eigenvalue weighted by atomic mass is 10.2. The van der Waals surface area contributed by atoms with Gasteiger partial charge in [0.25, 0.3) is 5.91 Å². The van der Waals surface area contributed by atoms with Gasteiger partial charge in [-0.1, -0.05) is 0 Å². The third kappa shape index (κ3) is 2.60. The standard InChI is InChI=1S/C13H12N2O2/c1-9-12(3-2-8-14-9)15-13(17)10-4-6-11(16)7-5-10/h2-8,16H,1H3,(H,15,17). The van der Waals surface area contributed by atoms with E-state index in [0.717, 1.165) is 5.69 Å². The minimum atomic E-state index is -0.221. The van der Waals surface area contributed by atoms with Crippen LogP contribution >= 0.6 is 0 Å².